The lowest BCUT2D eigenvalue weighted by molar-refractivity contribution is -0.138. The number of halogens is 4. The third-order valence-electron chi connectivity index (χ3n) is 7.15. The molecule has 226 valence electrons. The lowest BCUT2D eigenvalue weighted by Gasteiger charge is -2.36. The minimum atomic E-state index is -4.88. The zero-order chi connectivity index (χ0) is 30.3. The van der Waals surface area contributed by atoms with Crippen LogP contribution in [0.2, 0.25) is 0 Å². The van der Waals surface area contributed by atoms with E-state index < -0.39 is 53.6 Å². The predicted molar refractivity (Wildman–Crippen MR) is 141 cm³/mol. The molecule has 0 spiro atoms. The smallest absolute Gasteiger partial charge is 0.419 e. The highest BCUT2D eigenvalue weighted by molar-refractivity contribution is 6.04. The predicted octanol–water partition coefficient (Wildman–Crippen LogP) is 5.74. The van der Waals surface area contributed by atoms with Gasteiger partial charge in [-0.2, -0.15) is 13.2 Å². The van der Waals surface area contributed by atoms with Crippen LogP contribution < -0.4 is 9.64 Å². The Morgan fingerprint density at radius 2 is 1.63 bits per heavy atom. The van der Waals surface area contributed by atoms with Crippen molar-refractivity contribution < 1.29 is 51.2 Å². The minimum Gasteiger partial charge on any atom is -0.465 e. The van der Waals surface area contributed by atoms with Crippen LogP contribution in [0, 0.1) is 17.7 Å². The fourth-order valence-electron chi connectivity index (χ4n) is 4.98. The number of anilines is 1. The summed E-state index contributed by atoms with van der Waals surface area (Å²) in [5, 5.41) is 9.26. The third-order valence-corrected chi connectivity index (χ3v) is 7.15. The van der Waals surface area contributed by atoms with Crippen molar-refractivity contribution in [2.45, 2.75) is 51.4 Å². The van der Waals surface area contributed by atoms with Gasteiger partial charge in [-0.15, -0.1) is 0 Å². The van der Waals surface area contributed by atoms with Gasteiger partial charge >= 0.3 is 12.1 Å². The molecule has 8 nitrogen and oxygen atoms in total. The molecule has 12 heteroatoms. The number of aliphatic hydroxyl groups excluding tert-OH is 1. The van der Waals surface area contributed by atoms with Gasteiger partial charge in [-0.25, -0.2) is 9.18 Å². The van der Waals surface area contributed by atoms with Crippen molar-refractivity contribution >= 4 is 17.6 Å². The summed E-state index contributed by atoms with van der Waals surface area (Å²) in [5.41, 5.74) is -1.70. The lowest BCUT2D eigenvalue weighted by Crippen LogP contribution is -2.49. The van der Waals surface area contributed by atoms with E-state index in [1.54, 1.807) is 0 Å². The highest BCUT2D eigenvalue weighted by atomic mass is 19.4. The van der Waals surface area contributed by atoms with Crippen LogP contribution in [0.4, 0.5) is 23.2 Å². The van der Waals surface area contributed by atoms with Gasteiger partial charge in [0.05, 0.1) is 49.8 Å². The second-order valence-electron chi connectivity index (χ2n) is 10.1. The van der Waals surface area contributed by atoms with Crippen LogP contribution in [-0.4, -0.2) is 57.6 Å². The van der Waals surface area contributed by atoms with Crippen LogP contribution in [-0.2, 0) is 31.8 Å². The maximum Gasteiger partial charge on any atom is 0.419 e. The van der Waals surface area contributed by atoms with E-state index in [1.165, 1.54) is 25.2 Å². The molecule has 41 heavy (non-hydrogen) atoms. The number of carbonyl (C=O) groups excluding carboxylic acids is 2. The number of ether oxygens (including phenoxy) is 4. The molecule has 0 aromatic heterocycles. The molecule has 0 radical (unpaired) electrons. The van der Waals surface area contributed by atoms with Crippen LogP contribution in [0.15, 0.2) is 30.3 Å². The maximum absolute atomic E-state index is 15.6. The standard InChI is InChI=1S/C29H35F4NO7/c1-17-5-8-19(9-6-17)27(36)34(20(15-38-2)16-39-3)24-13-23(30)26(12-21(24)28(37)40-4)41-25-10-7-18(14-35)11-22(25)29(31,32)33/h7,10-13,17,19-20,35H,5-6,8-9,14-16H2,1-4H3/t17-,19-. The van der Waals surface area contributed by atoms with Crippen molar-refractivity contribution in [2.24, 2.45) is 11.8 Å². The van der Waals surface area contributed by atoms with E-state index >= 15 is 4.39 Å². The molecule has 0 heterocycles. The van der Waals surface area contributed by atoms with E-state index in [1.807, 2.05) is 0 Å². The van der Waals surface area contributed by atoms with E-state index in [9.17, 15) is 27.9 Å². The highest BCUT2D eigenvalue weighted by Crippen LogP contribution is 2.41. The summed E-state index contributed by atoms with van der Waals surface area (Å²) in [6, 6.07) is 3.87. The number of hydrogen-bond donors (Lipinski definition) is 1. The largest absolute Gasteiger partial charge is 0.465 e. The van der Waals surface area contributed by atoms with Crippen molar-refractivity contribution in [2.75, 3.05) is 39.4 Å². The fourth-order valence-corrected chi connectivity index (χ4v) is 4.98. The Labute approximate surface area is 236 Å². The van der Waals surface area contributed by atoms with E-state index in [2.05, 4.69) is 6.92 Å². The number of amides is 1. The van der Waals surface area contributed by atoms with Crippen LogP contribution >= 0.6 is 0 Å². The Hall–Kier alpha value is -3.22. The van der Waals surface area contributed by atoms with Crippen LogP contribution in [0.5, 0.6) is 11.5 Å². The molecule has 2 aromatic carbocycles. The summed E-state index contributed by atoms with van der Waals surface area (Å²) in [6.07, 6.45) is -2.03. The van der Waals surface area contributed by atoms with Crippen LogP contribution in [0.25, 0.3) is 0 Å². The first kappa shape index (κ1) is 32.3. The summed E-state index contributed by atoms with van der Waals surface area (Å²) < 4.78 is 77.6. The highest BCUT2D eigenvalue weighted by Gasteiger charge is 2.37. The average Bonchev–Trinajstić information content (AvgIpc) is 2.94. The van der Waals surface area contributed by atoms with Crippen molar-refractivity contribution in [3.63, 3.8) is 0 Å². The number of esters is 1. The van der Waals surface area contributed by atoms with Gasteiger partial charge in [-0.05, 0) is 49.3 Å². The Bertz CT molecular complexity index is 1210. The molecule has 0 bridgehead atoms. The quantitative estimate of drug-likeness (QED) is 0.266. The molecule has 1 fully saturated rings. The van der Waals surface area contributed by atoms with E-state index in [0.717, 1.165) is 38.2 Å². The number of methoxy groups -OCH3 is 3. The molecule has 0 atom stereocenters. The Balaban J connectivity index is 2.15. The lowest BCUT2D eigenvalue weighted by atomic mass is 9.82. The number of nitrogens with zero attached hydrogens (tertiary/aromatic N) is 1. The summed E-state index contributed by atoms with van der Waals surface area (Å²) in [4.78, 5) is 28.1. The minimum absolute atomic E-state index is 0.00463. The molecule has 1 aliphatic rings. The van der Waals surface area contributed by atoms with E-state index in [4.69, 9.17) is 18.9 Å². The van der Waals surface area contributed by atoms with E-state index in [0.29, 0.717) is 24.8 Å². The molecule has 1 aliphatic carbocycles. The van der Waals surface area contributed by atoms with Crippen molar-refractivity contribution in [1.82, 2.24) is 0 Å². The molecule has 2 aromatic rings. The molecular weight excluding hydrogens is 550 g/mol. The first-order valence-electron chi connectivity index (χ1n) is 13.2. The molecule has 0 aliphatic heterocycles. The first-order chi connectivity index (χ1) is 19.4. The molecule has 1 amide bonds. The second kappa shape index (κ2) is 14.1. The Kier molecular flexibility index (Phi) is 11.1. The van der Waals surface area contributed by atoms with Crippen molar-refractivity contribution in [3.8, 4) is 11.5 Å². The number of carbonyl (C=O) groups is 2. The molecule has 1 N–H and O–H groups in total. The van der Waals surface area contributed by atoms with Gasteiger partial charge < -0.3 is 29.0 Å². The number of rotatable bonds is 11. The molecule has 1 saturated carbocycles. The number of alkyl halides is 3. The summed E-state index contributed by atoms with van der Waals surface area (Å²) in [6.45, 7) is 1.44. The molecular formula is C29H35F4NO7. The Morgan fingerprint density at radius 1 is 1.00 bits per heavy atom. The van der Waals surface area contributed by atoms with Gasteiger partial charge in [0.25, 0.3) is 0 Å². The van der Waals surface area contributed by atoms with Gasteiger partial charge in [-0.1, -0.05) is 13.0 Å². The van der Waals surface area contributed by atoms with Gasteiger partial charge in [-0.3, -0.25) is 4.79 Å². The van der Waals surface area contributed by atoms with Gasteiger partial charge in [0.1, 0.15) is 5.75 Å². The molecule has 3 rings (SSSR count). The van der Waals surface area contributed by atoms with Crippen LogP contribution in [0.3, 0.4) is 0 Å². The normalized spacial score (nSPS) is 17.4. The molecule has 0 unspecified atom stereocenters. The maximum atomic E-state index is 15.6. The first-order valence-corrected chi connectivity index (χ1v) is 13.2. The monoisotopic (exact) mass is 585 g/mol. The zero-order valence-electron chi connectivity index (χ0n) is 23.4. The fraction of sp³-hybridized carbons (Fsp3) is 0.517. The van der Waals surface area contributed by atoms with E-state index in [-0.39, 0.29) is 35.9 Å². The van der Waals surface area contributed by atoms with Crippen LogP contribution in [0.1, 0.15) is 54.1 Å². The topological polar surface area (TPSA) is 94.5 Å². The van der Waals surface area contributed by atoms with Gasteiger partial charge in [0.2, 0.25) is 5.91 Å². The number of aliphatic hydroxyl groups is 1. The number of benzene rings is 2. The van der Waals surface area contributed by atoms with Gasteiger partial charge in [0, 0.05) is 32.3 Å². The van der Waals surface area contributed by atoms with Gasteiger partial charge in [0.15, 0.2) is 11.6 Å². The average molecular weight is 586 g/mol. The third kappa shape index (κ3) is 7.75. The Morgan fingerprint density at radius 3 is 2.17 bits per heavy atom. The summed E-state index contributed by atoms with van der Waals surface area (Å²) in [5.74, 6) is -3.80. The summed E-state index contributed by atoms with van der Waals surface area (Å²) in [7, 11) is 3.93. The zero-order valence-corrected chi connectivity index (χ0v) is 23.4. The summed E-state index contributed by atoms with van der Waals surface area (Å²) >= 11 is 0. The number of hydrogen-bond acceptors (Lipinski definition) is 7. The van der Waals surface area contributed by atoms with Crippen molar-refractivity contribution in [1.29, 1.82) is 0 Å². The SMILES string of the molecule is COCC(COC)N(c1cc(F)c(Oc2ccc(CO)cc2C(F)(F)F)cc1C(=O)OC)C(=O)[C@H]1CC[C@H](C)CC1. The second-order valence-corrected chi connectivity index (χ2v) is 10.1. The molecule has 0 saturated heterocycles. The van der Waals surface area contributed by atoms with Crippen molar-refractivity contribution in [3.05, 3.63) is 52.8 Å².